The van der Waals surface area contributed by atoms with Crippen molar-refractivity contribution in [3.63, 3.8) is 0 Å². The standard InChI is InChI=1S/C21H20ClN7O2.C2H6/c22-15-3-1-2-12(6-15)9-23-17-8-18(26-16-4-5-16)29-19(27-17)13(11-25-29)7-14-10-24-21(31)28-20(14)30;1-2/h1-3,6-8,11,16,26H,4-5,9-10H2,(H,23,27)(H2,24,28,30,31);1-2H3/b14-7+;. The Labute approximate surface area is 196 Å². The number of hydrogen-bond acceptors (Lipinski definition) is 6. The zero-order chi connectivity index (χ0) is 23.4. The van der Waals surface area contributed by atoms with Gasteiger partial charge in [-0.1, -0.05) is 37.6 Å². The van der Waals surface area contributed by atoms with Gasteiger partial charge in [-0.15, -0.1) is 0 Å². The van der Waals surface area contributed by atoms with Gasteiger partial charge in [0.1, 0.15) is 11.6 Å². The molecule has 0 spiro atoms. The summed E-state index contributed by atoms with van der Waals surface area (Å²) < 4.78 is 1.73. The van der Waals surface area contributed by atoms with Gasteiger partial charge in [0.2, 0.25) is 0 Å². The smallest absolute Gasteiger partial charge is 0.321 e. The van der Waals surface area contributed by atoms with Gasteiger partial charge < -0.3 is 16.0 Å². The van der Waals surface area contributed by atoms with Crippen molar-refractivity contribution in [1.29, 1.82) is 0 Å². The van der Waals surface area contributed by atoms with E-state index in [4.69, 9.17) is 16.6 Å². The van der Waals surface area contributed by atoms with Crippen LogP contribution in [0.15, 0.2) is 42.1 Å². The first-order valence-corrected chi connectivity index (χ1v) is 11.4. The van der Waals surface area contributed by atoms with Crippen LogP contribution in [0.25, 0.3) is 11.7 Å². The van der Waals surface area contributed by atoms with Crippen LogP contribution in [-0.4, -0.2) is 39.1 Å². The Morgan fingerprint density at radius 1 is 1.24 bits per heavy atom. The number of benzene rings is 1. The normalized spacial score (nSPS) is 16.6. The summed E-state index contributed by atoms with van der Waals surface area (Å²) in [6, 6.07) is 9.49. The van der Waals surface area contributed by atoms with Crippen molar-refractivity contribution in [2.24, 2.45) is 0 Å². The molecular weight excluding hydrogens is 442 g/mol. The number of fused-ring (bicyclic) bond motifs is 1. The van der Waals surface area contributed by atoms with E-state index < -0.39 is 11.9 Å². The molecule has 1 saturated carbocycles. The lowest BCUT2D eigenvalue weighted by molar-refractivity contribution is -0.116. The molecule has 4 N–H and O–H groups in total. The van der Waals surface area contributed by atoms with Gasteiger partial charge in [-0.3, -0.25) is 10.1 Å². The van der Waals surface area contributed by atoms with E-state index in [1.165, 1.54) is 0 Å². The summed E-state index contributed by atoms with van der Waals surface area (Å²) in [7, 11) is 0. The highest BCUT2D eigenvalue weighted by Crippen LogP contribution is 2.27. The summed E-state index contributed by atoms with van der Waals surface area (Å²) >= 11 is 6.08. The third-order valence-corrected chi connectivity index (χ3v) is 5.31. The van der Waals surface area contributed by atoms with Crippen molar-refractivity contribution in [1.82, 2.24) is 25.2 Å². The highest BCUT2D eigenvalue weighted by molar-refractivity contribution is 6.30. The monoisotopic (exact) mass is 467 g/mol. The molecule has 0 bridgehead atoms. The summed E-state index contributed by atoms with van der Waals surface area (Å²) in [6.07, 6.45) is 5.60. The Bertz CT molecular complexity index is 1220. The predicted molar refractivity (Wildman–Crippen MR) is 129 cm³/mol. The Balaban J connectivity index is 0.00000126. The second kappa shape index (κ2) is 9.91. The van der Waals surface area contributed by atoms with Gasteiger partial charge in [-0.05, 0) is 36.6 Å². The van der Waals surface area contributed by atoms with Crippen LogP contribution in [0, 0.1) is 0 Å². The van der Waals surface area contributed by atoms with E-state index in [-0.39, 0.29) is 6.54 Å². The van der Waals surface area contributed by atoms with Crippen molar-refractivity contribution in [3.05, 3.63) is 58.3 Å². The number of carbonyl (C=O) groups excluding carboxylic acids is 2. The molecule has 2 fully saturated rings. The maximum Gasteiger partial charge on any atom is 0.321 e. The molecule has 172 valence electrons. The minimum absolute atomic E-state index is 0.155. The van der Waals surface area contributed by atoms with E-state index in [2.05, 4.69) is 26.4 Å². The maximum atomic E-state index is 12.1. The lowest BCUT2D eigenvalue weighted by Gasteiger charge is -2.15. The van der Waals surface area contributed by atoms with Gasteiger partial charge in [0.15, 0.2) is 5.65 Å². The first-order chi connectivity index (χ1) is 16.0. The van der Waals surface area contributed by atoms with Crippen LogP contribution in [0.4, 0.5) is 16.4 Å². The molecule has 2 aliphatic rings. The molecular formula is C23H26ClN7O2. The van der Waals surface area contributed by atoms with Crippen LogP contribution in [0.5, 0.6) is 0 Å². The fourth-order valence-corrected chi connectivity index (χ4v) is 3.55. The second-order valence-corrected chi connectivity index (χ2v) is 8.01. The average Bonchev–Trinajstić information content (AvgIpc) is 3.54. The minimum Gasteiger partial charge on any atom is -0.367 e. The van der Waals surface area contributed by atoms with Gasteiger partial charge in [-0.25, -0.2) is 9.78 Å². The molecule has 1 saturated heterocycles. The van der Waals surface area contributed by atoms with E-state index in [1.54, 1.807) is 16.8 Å². The average molecular weight is 468 g/mol. The zero-order valence-corrected chi connectivity index (χ0v) is 19.2. The van der Waals surface area contributed by atoms with Crippen LogP contribution >= 0.6 is 11.6 Å². The molecule has 9 nitrogen and oxygen atoms in total. The molecule has 5 rings (SSSR count). The molecule has 33 heavy (non-hydrogen) atoms. The van der Waals surface area contributed by atoms with Crippen LogP contribution < -0.4 is 21.3 Å². The molecule has 3 heterocycles. The van der Waals surface area contributed by atoms with Crippen molar-refractivity contribution < 1.29 is 9.59 Å². The number of amides is 3. The molecule has 0 atom stereocenters. The lowest BCUT2D eigenvalue weighted by Crippen LogP contribution is -2.47. The van der Waals surface area contributed by atoms with Gasteiger partial charge in [0, 0.05) is 41.4 Å². The highest BCUT2D eigenvalue weighted by atomic mass is 35.5. The van der Waals surface area contributed by atoms with Gasteiger partial charge in [0.05, 0.1) is 6.20 Å². The Morgan fingerprint density at radius 3 is 2.79 bits per heavy atom. The predicted octanol–water partition coefficient (Wildman–Crippen LogP) is 3.82. The van der Waals surface area contributed by atoms with E-state index in [1.807, 2.05) is 44.2 Å². The van der Waals surface area contributed by atoms with Crippen LogP contribution in [0.3, 0.4) is 0 Å². The van der Waals surface area contributed by atoms with Gasteiger partial charge in [-0.2, -0.15) is 9.61 Å². The quantitative estimate of drug-likeness (QED) is 0.410. The van der Waals surface area contributed by atoms with Crippen molar-refractivity contribution >= 4 is 46.9 Å². The molecule has 10 heteroatoms. The van der Waals surface area contributed by atoms with E-state index >= 15 is 0 Å². The Morgan fingerprint density at radius 2 is 2.06 bits per heavy atom. The number of halogens is 1. The number of hydrogen-bond donors (Lipinski definition) is 4. The summed E-state index contributed by atoms with van der Waals surface area (Å²) in [4.78, 5) is 28.2. The largest absolute Gasteiger partial charge is 0.367 e. The first-order valence-electron chi connectivity index (χ1n) is 11.0. The summed E-state index contributed by atoms with van der Waals surface area (Å²) in [5.74, 6) is 1.08. The van der Waals surface area contributed by atoms with Crippen LogP contribution in [-0.2, 0) is 11.3 Å². The van der Waals surface area contributed by atoms with Crippen molar-refractivity contribution in [2.45, 2.75) is 39.3 Å². The van der Waals surface area contributed by atoms with Crippen molar-refractivity contribution in [2.75, 3.05) is 17.2 Å². The topological polar surface area (TPSA) is 112 Å². The molecule has 3 aromatic rings. The van der Waals surface area contributed by atoms with E-state index in [0.717, 1.165) is 24.2 Å². The number of nitrogens with one attached hydrogen (secondary N) is 4. The lowest BCUT2D eigenvalue weighted by atomic mass is 10.1. The SMILES string of the molecule is CC.O=C1NC/C(=C\c2cnn3c(NC4CC4)cc(NCc4cccc(Cl)c4)nc23)C(=O)N1. The first kappa shape index (κ1) is 22.6. The van der Waals surface area contributed by atoms with Crippen LogP contribution in [0.1, 0.15) is 37.8 Å². The second-order valence-electron chi connectivity index (χ2n) is 7.57. The number of anilines is 2. The number of carbonyl (C=O) groups is 2. The van der Waals surface area contributed by atoms with Gasteiger partial charge >= 0.3 is 6.03 Å². The fourth-order valence-electron chi connectivity index (χ4n) is 3.34. The number of imide groups is 1. The summed E-state index contributed by atoms with van der Waals surface area (Å²) in [5, 5.41) is 16.8. The third kappa shape index (κ3) is 5.43. The third-order valence-electron chi connectivity index (χ3n) is 5.08. The van der Waals surface area contributed by atoms with E-state index in [0.29, 0.717) is 40.2 Å². The molecule has 1 aliphatic heterocycles. The van der Waals surface area contributed by atoms with E-state index in [9.17, 15) is 9.59 Å². The Hall–Kier alpha value is -3.59. The Kier molecular flexibility index (Phi) is 6.79. The molecule has 1 aromatic carbocycles. The minimum atomic E-state index is -0.497. The summed E-state index contributed by atoms with van der Waals surface area (Å²) in [6.45, 7) is 4.72. The summed E-state index contributed by atoms with van der Waals surface area (Å²) in [5.41, 5.74) is 2.77. The maximum absolute atomic E-state index is 12.1. The molecule has 2 aromatic heterocycles. The zero-order valence-electron chi connectivity index (χ0n) is 18.5. The molecule has 1 aliphatic carbocycles. The molecule has 0 unspecified atom stereocenters. The number of nitrogens with zero attached hydrogens (tertiary/aromatic N) is 3. The highest BCUT2D eigenvalue weighted by Gasteiger charge is 2.24. The van der Waals surface area contributed by atoms with Crippen LogP contribution in [0.2, 0.25) is 5.02 Å². The fraction of sp³-hybridized carbons (Fsp3) is 0.304. The molecule has 3 amide bonds. The molecule has 0 radical (unpaired) electrons. The van der Waals surface area contributed by atoms with Gasteiger partial charge in [0.25, 0.3) is 5.91 Å². The number of urea groups is 1. The number of rotatable bonds is 6. The van der Waals surface area contributed by atoms with Crippen molar-refractivity contribution in [3.8, 4) is 0 Å². The number of aromatic nitrogens is 3.